The number of amides is 4. The first-order valence-corrected chi connectivity index (χ1v) is 29.7. The molecule has 0 spiro atoms. The number of ether oxygens (including phenoxy) is 3. The van der Waals surface area contributed by atoms with Crippen LogP contribution in [0.3, 0.4) is 0 Å². The van der Waals surface area contributed by atoms with Gasteiger partial charge in [0.05, 0.1) is 18.8 Å². The van der Waals surface area contributed by atoms with Gasteiger partial charge in [-0.3, -0.25) is 28.8 Å². The number of carbonyl (C=O) groups excluding carboxylic acids is 6. The van der Waals surface area contributed by atoms with Gasteiger partial charge in [0.25, 0.3) is 5.91 Å². The molecule has 79 heavy (non-hydrogen) atoms. The summed E-state index contributed by atoms with van der Waals surface area (Å²) in [7, 11) is 6.86. The van der Waals surface area contributed by atoms with Crippen LogP contribution in [0.5, 0.6) is 17.2 Å². The zero-order chi connectivity index (χ0) is 56.1. The molecule has 4 aliphatic rings. The molecule has 5 aromatic rings. The summed E-state index contributed by atoms with van der Waals surface area (Å²) in [6, 6.07) is 28.1. The Morgan fingerprint density at radius 2 is 1.48 bits per heavy atom. The highest BCUT2D eigenvalue weighted by Crippen LogP contribution is 2.43. The quantitative estimate of drug-likeness (QED) is 0.0277. The Kier molecular flexibility index (Phi) is 17.7. The van der Waals surface area contributed by atoms with Crippen LogP contribution in [0.4, 0.5) is 22.7 Å². The number of Topliss-reactive ketones (excluding diaryl/α,β-unsaturated/α-hetero) is 2. The second-order valence-corrected chi connectivity index (χ2v) is 25.0. The molecule has 0 aliphatic carbocycles. The lowest BCUT2D eigenvalue weighted by atomic mass is 9.99. The van der Waals surface area contributed by atoms with Crippen molar-refractivity contribution in [2.45, 2.75) is 142 Å². The summed E-state index contributed by atoms with van der Waals surface area (Å²) in [5, 5.41) is 5.88. The van der Waals surface area contributed by atoms with Crippen LogP contribution in [-0.4, -0.2) is 88.8 Å². The van der Waals surface area contributed by atoms with E-state index in [-0.39, 0.29) is 78.1 Å². The SMILES string of the molecule is CCC(=O)CCCSSC(C)(C)CCC(=O)N[C@@H](C)C(=O)C[C@H](C)C(=O)Nc1cc(COc2cc3c(cc2C)C(=O)N2c4ccccc4C[C@H]2[C-]=[N+]3C)cc(COc2cc3c(cc2OC)C(=O)N2c4ccccc4C[C@H]2CC3)c1. The summed E-state index contributed by atoms with van der Waals surface area (Å²) >= 11 is 0. The number of fused-ring (bicyclic) bond motifs is 8. The number of rotatable bonds is 23. The Morgan fingerprint density at radius 1 is 0.810 bits per heavy atom. The van der Waals surface area contributed by atoms with Gasteiger partial charge < -0.3 is 39.2 Å². The molecule has 4 amide bonds. The van der Waals surface area contributed by atoms with Crippen molar-refractivity contribution in [3.8, 4) is 17.2 Å². The largest absolute Gasteiger partial charge is 0.493 e. The van der Waals surface area contributed by atoms with Gasteiger partial charge in [-0.25, -0.2) is 0 Å². The van der Waals surface area contributed by atoms with Crippen molar-refractivity contribution in [2.24, 2.45) is 5.92 Å². The van der Waals surface area contributed by atoms with Gasteiger partial charge in [-0.15, -0.1) is 0 Å². The summed E-state index contributed by atoms with van der Waals surface area (Å²) in [6.45, 7) is 11.5. The van der Waals surface area contributed by atoms with Gasteiger partial charge in [0, 0.05) is 88.6 Å². The third kappa shape index (κ3) is 13.1. The first-order valence-electron chi connectivity index (χ1n) is 27.4. The third-order valence-corrected chi connectivity index (χ3v) is 18.8. The van der Waals surface area contributed by atoms with E-state index in [1.54, 1.807) is 48.6 Å². The molecule has 414 valence electrons. The normalized spacial score (nSPS) is 16.9. The van der Waals surface area contributed by atoms with Crippen molar-refractivity contribution >= 4 is 85.7 Å². The summed E-state index contributed by atoms with van der Waals surface area (Å²) in [4.78, 5) is 84.3. The minimum Gasteiger partial charge on any atom is -0.493 e. The van der Waals surface area contributed by atoms with E-state index in [2.05, 4.69) is 42.8 Å². The van der Waals surface area contributed by atoms with Crippen molar-refractivity contribution in [2.75, 3.05) is 35.0 Å². The monoisotopic (exact) mass is 1110 g/mol. The molecule has 0 unspecified atom stereocenters. The Hall–Kier alpha value is -6.91. The maximum atomic E-state index is 14.2. The molecule has 0 fully saturated rings. The molecule has 2 N–H and O–H groups in total. The lowest BCUT2D eigenvalue weighted by Gasteiger charge is -2.23. The number of nitrogens with zero attached hydrogens (tertiary/aromatic N) is 3. The van der Waals surface area contributed by atoms with E-state index in [1.807, 2.05) is 108 Å². The Labute approximate surface area is 471 Å². The predicted molar refractivity (Wildman–Crippen MR) is 313 cm³/mol. The van der Waals surface area contributed by atoms with Crippen LogP contribution in [0.25, 0.3) is 0 Å². The number of nitrogens with one attached hydrogen (secondary N) is 2. The van der Waals surface area contributed by atoms with E-state index >= 15 is 0 Å². The number of methoxy groups -OCH3 is 1. The van der Waals surface area contributed by atoms with Crippen molar-refractivity contribution in [1.29, 1.82) is 0 Å². The fourth-order valence-corrected chi connectivity index (χ4v) is 13.5. The number of aryl methyl sites for hydroxylation is 2. The molecule has 0 saturated carbocycles. The molecule has 5 aromatic carbocycles. The van der Waals surface area contributed by atoms with Crippen LogP contribution >= 0.6 is 21.6 Å². The van der Waals surface area contributed by atoms with E-state index in [0.29, 0.717) is 77.4 Å². The number of carbonyl (C=O) groups is 6. The van der Waals surface area contributed by atoms with E-state index < -0.39 is 12.0 Å². The van der Waals surface area contributed by atoms with E-state index in [4.69, 9.17) is 14.2 Å². The highest BCUT2D eigenvalue weighted by atomic mass is 33.1. The van der Waals surface area contributed by atoms with Crippen LogP contribution in [0, 0.1) is 12.8 Å². The first-order chi connectivity index (χ1) is 37.9. The number of benzene rings is 5. The zero-order valence-electron chi connectivity index (χ0n) is 46.5. The molecule has 4 atom stereocenters. The van der Waals surface area contributed by atoms with Crippen molar-refractivity contribution < 1.29 is 47.6 Å². The number of hydrogen-bond acceptors (Lipinski definition) is 11. The Bertz CT molecular complexity index is 3230. The number of para-hydroxylation sites is 2. The summed E-state index contributed by atoms with van der Waals surface area (Å²) in [5.41, 5.74) is 9.47. The van der Waals surface area contributed by atoms with E-state index in [0.717, 1.165) is 58.6 Å². The number of hydrogen-bond donors (Lipinski definition) is 2. The fourth-order valence-electron chi connectivity index (χ4n) is 10.9. The maximum absolute atomic E-state index is 14.2. The summed E-state index contributed by atoms with van der Waals surface area (Å²) in [6.07, 6.45) is 9.21. The maximum Gasteiger partial charge on any atom is 0.258 e. The summed E-state index contributed by atoms with van der Waals surface area (Å²) < 4.78 is 20.6. The highest BCUT2D eigenvalue weighted by molar-refractivity contribution is 8.77. The lowest BCUT2D eigenvalue weighted by molar-refractivity contribution is -0.401. The molecule has 4 aliphatic heterocycles. The van der Waals surface area contributed by atoms with Gasteiger partial charge in [0.1, 0.15) is 31.8 Å². The molecule has 9 rings (SSSR count). The van der Waals surface area contributed by atoms with Crippen molar-refractivity contribution in [3.63, 3.8) is 0 Å². The fraction of sp³-hybridized carbons (Fsp3) is 0.413. The molecular formula is C63H71N5O9S2. The van der Waals surface area contributed by atoms with Crippen LogP contribution in [0.1, 0.15) is 134 Å². The van der Waals surface area contributed by atoms with Crippen molar-refractivity contribution in [3.05, 3.63) is 136 Å². The molecule has 0 radical (unpaired) electrons. The zero-order valence-corrected chi connectivity index (χ0v) is 48.1. The average molecular weight is 1110 g/mol. The topological polar surface area (TPSA) is 164 Å². The molecule has 0 saturated heterocycles. The van der Waals surface area contributed by atoms with E-state index in [1.165, 1.54) is 5.56 Å². The van der Waals surface area contributed by atoms with Gasteiger partial charge >= 0.3 is 0 Å². The first kappa shape index (κ1) is 56.8. The summed E-state index contributed by atoms with van der Waals surface area (Å²) in [5.74, 6) is 0.836. The standard InChI is InChI=1S/C63H71N5O9S2/c1-9-49(69)17-14-24-78-79-63(5,6)23-22-59(71)64-40(4)55(70)26-39(3)60(72)65-46-28-41(36-76-56-34-54-51(25-38(56)2)62(74)68-48(35-66(54)7)31-45-16-11-13-19-53(45)68)27-42(29-46)37-77-58-32-43-20-21-47-30-44-15-10-12-18-52(44)67(47)61(73)50(43)33-57(58)75-8/h10-13,15-16,18-19,25,27-29,32-34,39-40,47-48H,9,14,17,20-24,26,30-31,36-37H2,1-8H3,(H,64,71)(H,65,72)/t39-,40-,47+,48-/m0/s1. The van der Waals surface area contributed by atoms with Crippen LogP contribution < -0.4 is 34.6 Å². The third-order valence-electron chi connectivity index (χ3n) is 15.3. The number of anilines is 3. The van der Waals surface area contributed by atoms with Gasteiger partial charge in [0.15, 0.2) is 17.3 Å². The van der Waals surface area contributed by atoms with Gasteiger partial charge in [-0.1, -0.05) is 77.9 Å². The molecule has 0 aromatic heterocycles. The lowest BCUT2D eigenvalue weighted by Crippen LogP contribution is -2.40. The van der Waals surface area contributed by atoms with Crippen LogP contribution in [-0.2, 0) is 51.7 Å². The minimum atomic E-state index is -0.788. The van der Waals surface area contributed by atoms with Crippen molar-refractivity contribution in [1.82, 2.24) is 5.32 Å². The minimum absolute atomic E-state index is 0.0599. The molecule has 14 nitrogen and oxygen atoms in total. The average Bonchev–Trinajstić information content (AvgIpc) is 4.19. The predicted octanol–water partition coefficient (Wildman–Crippen LogP) is 11.2. The Morgan fingerprint density at radius 3 is 2.19 bits per heavy atom. The van der Waals surface area contributed by atoms with E-state index in [9.17, 15) is 28.8 Å². The second-order valence-electron chi connectivity index (χ2n) is 21.8. The number of ketones is 2. The van der Waals surface area contributed by atoms with Gasteiger partial charge in [-0.2, -0.15) is 0 Å². The Balaban J connectivity index is 0.893. The van der Waals surface area contributed by atoms with Crippen LogP contribution in [0.15, 0.2) is 91.0 Å². The van der Waals surface area contributed by atoms with Crippen LogP contribution in [0.2, 0.25) is 0 Å². The van der Waals surface area contributed by atoms with Gasteiger partial charge in [0.2, 0.25) is 17.7 Å². The molecule has 0 bridgehead atoms. The molecule has 16 heteroatoms. The second kappa shape index (κ2) is 24.6. The highest BCUT2D eigenvalue weighted by Gasteiger charge is 2.39. The molecule has 4 heterocycles. The molecular weight excluding hydrogens is 1030 g/mol. The smallest absolute Gasteiger partial charge is 0.258 e. The van der Waals surface area contributed by atoms with Gasteiger partial charge in [-0.05, 0) is 148 Å².